The lowest BCUT2D eigenvalue weighted by Crippen LogP contribution is -2.33. The van der Waals surface area contributed by atoms with Gasteiger partial charge in [-0.2, -0.15) is 0 Å². The zero-order valence-corrected chi connectivity index (χ0v) is 9.43. The van der Waals surface area contributed by atoms with Gasteiger partial charge in [-0.15, -0.1) is 0 Å². The Morgan fingerprint density at radius 1 is 1.67 bits per heavy atom. The van der Waals surface area contributed by atoms with Crippen molar-refractivity contribution in [2.45, 2.75) is 26.4 Å². The Balaban J connectivity index is 2.77. The summed E-state index contributed by atoms with van der Waals surface area (Å²) in [7, 11) is 0. The molecular weight excluding hydrogens is 214 g/mol. The molecule has 0 aliphatic heterocycles. The molecule has 0 spiro atoms. The molecule has 0 saturated carbocycles. The van der Waals surface area contributed by atoms with E-state index in [0.29, 0.717) is 0 Å². The first kappa shape index (κ1) is 11.6. The Labute approximate surface area is 92.1 Å². The molecule has 1 rings (SSSR count). The summed E-state index contributed by atoms with van der Waals surface area (Å²) in [5.74, 6) is -0.131. The highest BCUT2D eigenvalue weighted by Crippen LogP contribution is 1.88. The van der Waals surface area contributed by atoms with Gasteiger partial charge in [0.15, 0.2) is 4.77 Å². The van der Waals surface area contributed by atoms with Crippen LogP contribution < -0.4 is 10.9 Å². The molecule has 0 bridgehead atoms. The van der Waals surface area contributed by atoms with Gasteiger partial charge in [0, 0.05) is 18.3 Å². The van der Waals surface area contributed by atoms with Crippen LogP contribution in [0.25, 0.3) is 0 Å². The molecule has 2 N–H and O–H groups in total. The maximum absolute atomic E-state index is 11.4. The van der Waals surface area contributed by atoms with Crippen LogP contribution in [0, 0.1) is 4.77 Å². The van der Waals surface area contributed by atoms with Crippen molar-refractivity contribution in [1.29, 1.82) is 0 Å². The average Bonchev–Trinajstić information content (AvgIpc) is 2.08. The molecule has 1 aromatic rings. The predicted molar refractivity (Wildman–Crippen MR) is 59.2 cm³/mol. The molecule has 5 nitrogen and oxygen atoms in total. The standard InChI is InChI=1S/C9H13N3O2S/c1-6(2)10-8(14)5-12-4-3-7(13)11-9(12)15/h3-4,6H,5H2,1-2H3,(H,10,14)(H,11,13,15). The van der Waals surface area contributed by atoms with E-state index in [0.717, 1.165) is 0 Å². The van der Waals surface area contributed by atoms with Gasteiger partial charge in [-0.05, 0) is 26.1 Å². The Morgan fingerprint density at radius 2 is 2.33 bits per heavy atom. The summed E-state index contributed by atoms with van der Waals surface area (Å²) < 4.78 is 1.76. The SMILES string of the molecule is CC(C)NC(=O)Cn1ccc(=O)[nH]c1=S. The number of nitrogens with zero attached hydrogens (tertiary/aromatic N) is 1. The van der Waals surface area contributed by atoms with E-state index in [1.165, 1.54) is 16.8 Å². The van der Waals surface area contributed by atoms with E-state index >= 15 is 0 Å². The number of hydrogen-bond donors (Lipinski definition) is 2. The Hall–Kier alpha value is -1.43. The summed E-state index contributed by atoms with van der Waals surface area (Å²) in [6, 6.07) is 1.42. The van der Waals surface area contributed by atoms with Crippen LogP contribution in [0.3, 0.4) is 0 Å². The molecule has 82 valence electrons. The van der Waals surface area contributed by atoms with Crippen LogP contribution in [0.1, 0.15) is 13.8 Å². The summed E-state index contributed by atoms with van der Waals surface area (Å²) in [4.78, 5) is 24.7. The minimum absolute atomic E-state index is 0.0921. The van der Waals surface area contributed by atoms with Crippen LogP contribution in [0.2, 0.25) is 0 Å². The van der Waals surface area contributed by atoms with Crippen molar-refractivity contribution in [1.82, 2.24) is 14.9 Å². The zero-order valence-electron chi connectivity index (χ0n) is 8.61. The first-order chi connectivity index (χ1) is 6.99. The first-order valence-electron chi connectivity index (χ1n) is 4.58. The van der Waals surface area contributed by atoms with Gasteiger partial charge in [0.25, 0.3) is 5.56 Å². The van der Waals surface area contributed by atoms with Crippen LogP contribution in [0.4, 0.5) is 0 Å². The van der Waals surface area contributed by atoms with Gasteiger partial charge in [0.05, 0.1) is 0 Å². The van der Waals surface area contributed by atoms with Crippen LogP contribution >= 0.6 is 12.2 Å². The number of aromatic amines is 1. The van der Waals surface area contributed by atoms with E-state index < -0.39 is 0 Å². The third-order valence-corrected chi connectivity index (χ3v) is 2.00. The summed E-state index contributed by atoms with van der Waals surface area (Å²) in [5.41, 5.74) is -0.263. The number of rotatable bonds is 3. The van der Waals surface area contributed by atoms with Crippen LogP contribution in [-0.2, 0) is 11.3 Å². The largest absolute Gasteiger partial charge is 0.352 e. The highest BCUT2D eigenvalue weighted by molar-refractivity contribution is 7.71. The first-order valence-corrected chi connectivity index (χ1v) is 4.99. The number of amides is 1. The molecule has 1 heterocycles. The number of H-pyrrole nitrogens is 1. The van der Waals surface area contributed by atoms with E-state index in [9.17, 15) is 9.59 Å². The van der Waals surface area contributed by atoms with E-state index in [-0.39, 0.29) is 28.8 Å². The normalized spacial score (nSPS) is 10.3. The lowest BCUT2D eigenvalue weighted by molar-refractivity contribution is -0.122. The molecule has 1 amide bonds. The summed E-state index contributed by atoms with van der Waals surface area (Å²) in [5, 5.41) is 2.73. The average molecular weight is 227 g/mol. The fraction of sp³-hybridized carbons (Fsp3) is 0.444. The highest BCUT2D eigenvalue weighted by Gasteiger charge is 2.04. The van der Waals surface area contributed by atoms with Crippen molar-refractivity contribution >= 4 is 18.1 Å². The second kappa shape index (κ2) is 4.88. The van der Waals surface area contributed by atoms with Crippen molar-refractivity contribution in [3.8, 4) is 0 Å². The van der Waals surface area contributed by atoms with Gasteiger partial charge in [-0.1, -0.05) is 0 Å². The number of hydrogen-bond acceptors (Lipinski definition) is 3. The lowest BCUT2D eigenvalue weighted by Gasteiger charge is -2.09. The van der Waals surface area contributed by atoms with E-state index in [1.807, 2.05) is 13.8 Å². The van der Waals surface area contributed by atoms with Crippen LogP contribution in [0.5, 0.6) is 0 Å². The zero-order chi connectivity index (χ0) is 11.4. The molecule has 0 atom stereocenters. The molecule has 6 heteroatoms. The summed E-state index contributed by atoms with van der Waals surface area (Å²) in [6.07, 6.45) is 1.50. The van der Waals surface area contributed by atoms with Gasteiger partial charge in [0.2, 0.25) is 5.91 Å². The monoisotopic (exact) mass is 227 g/mol. The topological polar surface area (TPSA) is 66.9 Å². The van der Waals surface area contributed by atoms with Crippen molar-refractivity contribution in [3.05, 3.63) is 27.4 Å². The minimum atomic E-state index is -0.263. The molecule has 0 aliphatic carbocycles. The molecule has 0 aliphatic rings. The van der Waals surface area contributed by atoms with Gasteiger partial charge in [-0.3, -0.25) is 14.6 Å². The van der Waals surface area contributed by atoms with Crippen molar-refractivity contribution in [2.24, 2.45) is 0 Å². The Bertz CT molecular complexity index is 461. The number of carbonyl (C=O) groups is 1. The third-order valence-electron chi connectivity index (χ3n) is 1.66. The maximum atomic E-state index is 11.4. The van der Waals surface area contributed by atoms with E-state index in [4.69, 9.17) is 12.2 Å². The van der Waals surface area contributed by atoms with E-state index in [2.05, 4.69) is 10.3 Å². The van der Waals surface area contributed by atoms with E-state index in [1.54, 1.807) is 0 Å². The molecule has 0 unspecified atom stereocenters. The molecule has 0 saturated heterocycles. The molecular formula is C9H13N3O2S. The van der Waals surface area contributed by atoms with Gasteiger partial charge in [0.1, 0.15) is 6.54 Å². The quantitative estimate of drug-likeness (QED) is 0.736. The fourth-order valence-electron chi connectivity index (χ4n) is 1.09. The molecule has 0 aromatic carbocycles. The highest BCUT2D eigenvalue weighted by atomic mass is 32.1. The van der Waals surface area contributed by atoms with Crippen molar-refractivity contribution < 1.29 is 4.79 Å². The lowest BCUT2D eigenvalue weighted by atomic mass is 10.4. The fourth-order valence-corrected chi connectivity index (χ4v) is 1.32. The molecule has 0 radical (unpaired) electrons. The molecule has 15 heavy (non-hydrogen) atoms. The number of aromatic nitrogens is 2. The third kappa shape index (κ3) is 3.67. The van der Waals surface area contributed by atoms with Crippen molar-refractivity contribution in [3.63, 3.8) is 0 Å². The smallest absolute Gasteiger partial charge is 0.251 e. The molecule has 1 aromatic heterocycles. The molecule has 0 fully saturated rings. The van der Waals surface area contributed by atoms with Gasteiger partial charge >= 0.3 is 0 Å². The Morgan fingerprint density at radius 3 is 2.87 bits per heavy atom. The Kier molecular flexibility index (Phi) is 3.79. The maximum Gasteiger partial charge on any atom is 0.251 e. The second-order valence-electron chi connectivity index (χ2n) is 3.46. The summed E-state index contributed by atoms with van der Waals surface area (Å²) in [6.45, 7) is 3.88. The summed E-state index contributed by atoms with van der Waals surface area (Å²) >= 11 is 4.90. The van der Waals surface area contributed by atoms with Gasteiger partial charge < -0.3 is 9.88 Å². The van der Waals surface area contributed by atoms with Gasteiger partial charge in [-0.25, -0.2) is 0 Å². The second-order valence-corrected chi connectivity index (χ2v) is 3.85. The minimum Gasteiger partial charge on any atom is -0.352 e. The number of carbonyl (C=O) groups excluding carboxylic acids is 1. The predicted octanol–water partition coefficient (Wildman–Crippen LogP) is 0.430. The van der Waals surface area contributed by atoms with Crippen molar-refractivity contribution in [2.75, 3.05) is 0 Å². The van der Waals surface area contributed by atoms with Crippen LogP contribution in [0.15, 0.2) is 17.1 Å². The number of nitrogens with one attached hydrogen (secondary N) is 2. The van der Waals surface area contributed by atoms with Crippen LogP contribution in [-0.4, -0.2) is 21.5 Å².